The number of ether oxygens (including phenoxy) is 2. The van der Waals surface area contributed by atoms with Gasteiger partial charge in [-0.2, -0.15) is 9.78 Å². The molecule has 0 aliphatic heterocycles. The van der Waals surface area contributed by atoms with Crippen molar-refractivity contribution in [2.45, 2.75) is 31.2 Å². The molecule has 10 nitrogen and oxygen atoms in total. The van der Waals surface area contributed by atoms with Crippen LogP contribution in [-0.4, -0.2) is 55.4 Å². The largest absolute Gasteiger partial charge is 0.497 e. The number of hydrogen-bond acceptors (Lipinski definition) is 8. The smallest absolute Gasteiger partial charge is 0.237 e. The van der Waals surface area contributed by atoms with Gasteiger partial charge in [-0.15, -0.1) is 5.10 Å². The first-order valence-electron chi connectivity index (χ1n) is 8.84. The number of carbonyl (C=O) groups excluding carboxylic acids is 1. The van der Waals surface area contributed by atoms with Crippen LogP contribution in [-0.2, 0) is 11.8 Å². The Bertz CT molecular complexity index is 1030. The van der Waals surface area contributed by atoms with Gasteiger partial charge in [-0.25, -0.2) is 0 Å². The van der Waals surface area contributed by atoms with E-state index in [4.69, 9.17) is 9.47 Å². The molecule has 154 valence electrons. The summed E-state index contributed by atoms with van der Waals surface area (Å²) in [5.41, 5.74) is 2.99. The van der Waals surface area contributed by atoms with Crippen molar-refractivity contribution in [2.24, 2.45) is 7.05 Å². The molecule has 0 radical (unpaired) electrons. The minimum atomic E-state index is -0.449. The summed E-state index contributed by atoms with van der Waals surface area (Å²) in [5, 5.41) is 19.1. The first kappa shape index (κ1) is 20.6. The van der Waals surface area contributed by atoms with Crippen LogP contribution < -0.4 is 14.8 Å². The second-order valence-electron chi connectivity index (χ2n) is 6.33. The number of tetrazole rings is 1. The van der Waals surface area contributed by atoms with Crippen molar-refractivity contribution in [3.05, 3.63) is 29.6 Å². The summed E-state index contributed by atoms with van der Waals surface area (Å²) in [6.07, 6.45) is 0. The predicted octanol–water partition coefficient (Wildman–Crippen LogP) is 2.15. The number of aromatic nitrogens is 6. The number of aryl methyl sites for hydroxylation is 2. The molecule has 0 bridgehead atoms. The van der Waals surface area contributed by atoms with Crippen molar-refractivity contribution in [3.8, 4) is 17.2 Å². The van der Waals surface area contributed by atoms with E-state index in [0.717, 1.165) is 17.1 Å². The highest BCUT2D eigenvalue weighted by Crippen LogP contribution is 2.31. The number of nitrogens with zero attached hydrogens (tertiary/aromatic N) is 6. The van der Waals surface area contributed by atoms with E-state index in [1.54, 1.807) is 44.0 Å². The summed E-state index contributed by atoms with van der Waals surface area (Å²) >= 11 is 1.24. The Labute approximate surface area is 172 Å². The summed E-state index contributed by atoms with van der Waals surface area (Å²) < 4.78 is 14.0. The second kappa shape index (κ2) is 8.52. The number of rotatable bonds is 7. The standard InChI is InChI=1S/C18H23N7O3S/c1-10-16(11(2)24(4)21-10)19-17(26)12(3)29-18-20-22-23-25(18)14-9-13(27-5)7-8-15(14)28-6/h7-9,12H,1-6H3,(H,19,26). The van der Waals surface area contributed by atoms with Crippen molar-refractivity contribution in [1.82, 2.24) is 30.0 Å². The predicted molar refractivity (Wildman–Crippen MR) is 109 cm³/mol. The van der Waals surface area contributed by atoms with Crippen LogP contribution in [0.5, 0.6) is 11.5 Å². The zero-order valence-corrected chi connectivity index (χ0v) is 17.9. The number of carbonyl (C=O) groups is 1. The average Bonchev–Trinajstić information content (AvgIpc) is 3.26. The molecule has 1 unspecified atom stereocenters. The fraction of sp³-hybridized carbons (Fsp3) is 0.389. The summed E-state index contributed by atoms with van der Waals surface area (Å²) in [5.74, 6) is 1.06. The van der Waals surface area contributed by atoms with Gasteiger partial charge in [-0.05, 0) is 43.3 Å². The quantitative estimate of drug-likeness (QED) is 0.583. The zero-order valence-electron chi connectivity index (χ0n) is 17.1. The Balaban J connectivity index is 1.82. The third kappa shape index (κ3) is 4.19. The highest BCUT2D eigenvalue weighted by atomic mass is 32.2. The number of amides is 1. The van der Waals surface area contributed by atoms with Gasteiger partial charge in [-0.3, -0.25) is 9.48 Å². The van der Waals surface area contributed by atoms with Gasteiger partial charge in [0.05, 0.1) is 36.5 Å². The molecule has 2 aromatic heterocycles. The Kier molecular flexibility index (Phi) is 6.06. The molecule has 1 N–H and O–H groups in total. The number of thioether (sulfide) groups is 1. The van der Waals surface area contributed by atoms with Gasteiger partial charge in [0.25, 0.3) is 0 Å². The normalized spacial score (nSPS) is 11.9. The van der Waals surface area contributed by atoms with Crippen LogP contribution in [0.25, 0.3) is 5.69 Å². The van der Waals surface area contributed by atoms with Gasteiger partial charge in [0.1, 0.15) is 17.2 Å². The van der Waals surface area contributed by atoms with Crippen LogP contribution in [0.4, 0.5) is 5.69 Å². The lowest BCUT2D eigenvalue weighted by molar-refractivity contribution is -0.115. The number of nitrogens with one attached hydrogen (secondary N) is 1. The molecular formula is C18H23N7O3S. The van der Waals surface area contributed by atoms with E-state index < -0.39 is 5.25 Å². The van der Waals surface area contributed by atoms with Crippen LogP contribution in [0.15, 0.2) is 23.4 Å². The molecule has 11 heteroatoms. The maximum Gasteiger partial charge on any atom is 0.237 e. The monoisotopic (exact) mass is 417 g/mol. The van der Waals surface area contributed by atoms with Gasteiger partial charge in [-0.1, -0.05) is 11.8 Å². The third-order valence-corrected chi connectivity index (χ3v) is 5.50. The fourth-order valence-electron chi connectivity index (χ4n) is 2.76. The van der Waals surface area contributed by atoms with Gasteiger partial charge in [0.15, 0.2) is 0 Å². The van der Waals surface area contributed by atoms with Crippen LogP contribution in [0, 0.1) is 13.8 Å². The topological polar surface area (TPSA) is 109 Å². The second-order valence-corrected chi connectivity index (χ2v) is 7.64. The van der Waals surface area contributed by atoms with Gasteiger partial charge >= 0.3 is 0 Å². The van der Waals surface area contributed by atoms with Crippen molar-refractivity contribution in [3.63, 3.8) is 0 Å². The molecule has 1 aromatic carbocycles. The van der Waals surface area contributed by atoms with E-state index in [2.05, 4.69) is 25.9 Å². The molecule has 0 spiro atoms. The van der Waals surface area contributed by atoms with Crippen LogP contribution in [0.3, 0.4) is 0 Å². The van der Waals surface area contributed by atoms with Gasteiger partial charge in [0, 0.05) is 13.1 Å². The van der Waals surface area contributed by atoms with E-state index >= 15 is 0 Å². The Morgan fingerprint density at radius 1 is 1.24 bits per heavy atom. The number of hydrogen-bond donors (Lipinski definition) is 1. The molecular weight excluding hydrogens is 394 g/mol. The molecule has 0 aliphatic rings. The van der Waals surface area contributed by atoms with Crippen molar-refractivity contribution >= 4 is 23.4 Å². The van der Waals surface area contributed by atoms with Crippen LogP contribution in [0.1, 0.15) is 18.3 Å². The molecule has 3 aromatic rings. The average molecular weight is 417 g/mol. The van der Waals surface area contributed by atoms with Crippen LogP contribution >= 0.6 is 11.8 Å². The minimum Gasteiger partial charge on any atom is -0.497 e. The first-order valence-corrected chi connectivity index (χ1v) is 9.72. The Morgan fingerprint density at radius 2 is 2.00 bits per heavy atom. The molecule has 1 amide bonds. The maximum absolute atomic E-state index is 12.7. The van der Waals surface area contributed by atoms with E-state index in [9.17, 15) is 4.79 Å². The Morgan fingerprint density at radius 3 is 2.62 bits per heavy atom. The molecule has 0 fully saturated rings. The highest BCUT2D eigenvalue weighted by molar-refractivity contribution is 8.00. The first-order chi connectivity index (χ1) is 13.8. The van der Waals surface area contributed by atoms with Crippen molar-refractivity contribution in [1.29, 1.82) is 0 Å². The van der Waals surface area contributed by atoms with E-state index in [0.29, 0.717) is 22.3 Å². The van der Waals surface area contributed by atoms with Crippen molar-refractivity contribution < 1.29 is 14.3 Å². The zero-order chi connectivity index (χ0) is 21.1. The lowest BCUT2D eigenvalue weighted by atomic mass is 10.3. The molecule has 29 heavy (non-hydrogen) atoms. The lowest BCUT2D eigenvalue weighted by Gasteiger charge is -2.14. The summed E-state index contributed by atoms with van der Waals surface area (Å²) in [4.78, 5) is 12.7. The Hall–Kier alpha value is -3.08. The van der Waals surface area contributed by atoms with E-state index in [-0.39, 0.29) is 5.91 Å². The molecule has 3 rings (SSSR count). The van der Waals surface area contributed by atoms with Crippen LogP contribution in [0.2, 0.25) is 0 Å². The highest BCUT2D eigenvalue weighted by Gasteiger charge is 2.23. The minimum absolute atomic E-state index is 0.165. The van der Waals surface area contributed by atoms with Crippen molar-refractivity contribution in [2.75, 3.05) is 19.5 Å². The molecule has 0 aliphatic carbocycles. The molecule has 0 saturated heterocycles. The van der Waals surface area contributed by atoms with Gasteiger partial charge in [0.2, 0.25) is 11.1 Å². The number of benzene rings is 1. The summed E-state index contributed by atoms with van der Waals surface area (Å²) in [7, 11) is 4.98. The number of methoxy groups -OCH3 is 2. The third-order valence-electron chi connectivity index (χ3n) is 4.46. The fourth-order valence-corrected chi connectivity index (χ4v) is 3.56. The lowest BCUT2D eigenvalue weighted by Crippen LogP contribution is -2.23. The molecule has 2 heterocycles. The summed E-state index contributed by atoms with van der Waals surface area (Å²) in [6.45, 7) is 5.56. The number of anilines is 1. The van der Waals surface area contributed by atoms with E-state index in [1.165, 1.54) is 16.4 Å². The van der Waals surface area contributed by atoms with Gasteiger partial charge < -0.3 is 14.8 Å². The molecule has 0 saturated carbocycles. The van der Waals surface area contributed by atoms with E-state index in [1.807, 2.05) is 20.9 Å². The SMILES string of the molecule is COc1ccc(OC)c(-n2nnnc2SC(C)C(=O)Nc2c(C)nn(C)c2C)c1. The maximum atomic E-state index is 12.7. The summed E-state index contributed by atoms with van der Waals surface area (Å²) in [6, 6.07) is 5.33. The molecule has 1 atom stereocenters.